The summed E-state index contributed by atoms with van der Waals surface area (Å²) in [7, 11) is 0. The second-order valence-electron chi connectivity index (χ2n) is 3.99. The lowest BCUT2D eigenvalue weighted by molar-refractivity contribution is 0.302. The van der Waals surface area contributed by atoms with Crippen molar-refractivity contribution in [2.45, 2.75) is 12.8 Å². The van der Waals surface area contributed by atoms with Crippen LogP contribution in [0.1, 0.15) is 12.8 Å². The number of benzene rings is 1. The maximum atomic E-state index is 5.78. The first-order valence-corrected chi connectivity index (χ1v) is 5.87. The van der Waals surface area contributed by atoms with Gasteiger partial charge in [-0.05, 0) is 30.9 Å². The van der Waals surface area contributed by atoms with Crippen molar-refractivity contribution in [3.8, 4) is 5.75 Å². The van der Waals surface area contributed by atoms with Gasteiger partial charge >= 0.3 is 0 Å². The second kappa shape index (κ2) is 3.52. The van der Waals surface area contributed by atoms with Crippen LogP contribution in [0.4, 0.5) is 0 Å². The van der Waals surface area contributed by atoms with Crippen LogP contribution >= 0.6 is 15.9 Å². The lowest BCUT2D eigenvalue weighted by Gasteiger charge is -2.06. The van der Waals surface area contributed by atoms with E-state index in [0.29, 0.717) is 0 Å². The number of nitrogens with zero attached hydrogens (tertiary/aromatic N) is 1. The molecule has 0 spiro atoms. The molecule has 0 unspecified atom stereocenters. The Morgan fingerprint density at radius 1 is 1.47 bits per heavy atom. The van der Waals surface area contributed by atoms with E-state index in [0.717, 1.165) is 33.6 Å². The van der Waals surface area contributed by atoms with Gasteiger partial charge in [-0.2, -0.15) is 5.10 Å². The number of aromatic amines is 1. The highest BCUT2D eigenvalue weighted by Crippen LogP contribution is 2.32. The van der Waals surface area contributed by atoms with Crippen molar-refractivity contribution in [3.05, 3.63) is 22.8 Å². The number of ether oxygens (including phenoxy) is 1. The number of aromatic nitrogens is 2. The first kappa shape index (κ1) is 9.21. The highest BCUT2D eigenvalue weighted by Gasteiger charge is 2.22. The number of fused-ring (bicyclic) bond motifs is 1. The third-order valence-electron chi connectivity index (χ3n) is 2.65. The molecule has 1 N–H and O–H groups in total. The molecule has 78 valence electrons. The molecule has 4 heteroatoms. The van der Waals surface area contributed by atoms with E-state index in [1.54, 1.807) is 0 Å². The molecular weight excluding hydrogens is 256 g/mol. The van der Waals surface area contributed by atoms with Crippen LogP contribution in [0.2, 0.25) is 0 Å². The predicted octanol–water partition coefficient (Wildman–Crippen LogP) is 3.11. The summed E-state index contributed by atoms with van der Waals surface area (Å²) < 4.78 is 6.81. The Morgan fingerprint density at radius 2 is 2.33 bits per heavy atom. The van der Waals surface area contributed by atoms with Crippen molar-refractivity contribution in [2.24, 2.45) is 5.92 Å². The Balaban J connectivity index is 1.95. The molecule has 0 bridgehead atoms. The monoisotopic (exact) mass is 266 g/mol. The Morgan fingerprint density at radius 3 is 3.13 bits per heavy atom. The fourth-order valence-electron chi connectivity index (χ4n) is 1.60. The molecule has 0 radical (unpaired) electrons. The SMILES string of the molecule is Brc1cc(OCC2CC2)c2[nH]ncc2c1. The number of H-pyrrole nitrogens is 1. The van der Waals surface area contributed by atoms with Gasteiger partial charge in [-0.3, -0.25) is 5.10 Å². The fourth-order valence-corrected chi connectivity index (χ4v) is 2.05. The number of hydrogen-bond acceptors (Lipinski definition) is 2. The molecular formula is C11H11BrN2O. The molecule has 3 nitrogen and oxygen atoms in total. The summed E-state index contributed by atoms with van der Waals surface area (Å²) in [6, 6.07) is 4.02. The van der Waals surface area contributed by atoms with Gasteiger partial charge in [-0.25, -0.2) is 0 Å². The molecule has 0 atom stereocenters. The summed E-state index contributed by atoms with van der Waals surface area (Å²) in [5.41, 5.74) is 0.985. The van der Waals surface area contributed by atoms with Gasteiger partial charge in [-0.15, -0.1) is 0 Å². The van der Waals surface area contributed by atoms with Gasteiger partial charge in [0.05, 0.1) is 12.8 Å². The zero-order valence-corrected chi connectivity index (χ0v) is 9.75. The van der Waals surface area contributed by atoms with E-state index in [9.17, 15) is 0 Å². The Labute approximate surface area is 95.9 Å². The maximum Gasteiger partial charge on any atom is 0.146 e. The summed E-state index contributed by atoms with van der Waals surface area (Å²) in [5.74, 6) is 1.66. The summed E-state index contributed by atoms with van der Waals surface area (Å²) >= 11 is 3.47. The summed E-state index contributed by atoms with van der Waals surface area (Å²) in [6.07, 6.45) is 4.42. The smallest absolute Gasteiger partial charge is 0.146 e. The highest BCUT2D eigenvalue weighted by molar-refractivity contribution is 9.10. The molecule has 2 aromatic rings. The highest BCUT2D eigenvalue weighted by atomic mass is 79.9. The Hall–Kier alpha value is -1.03. The molecule has 1 aromatic carbocycles. The fraction of sp³-hybridized carbons (Fsp3) is 0.364. The average Bonchev–Trinajstić information content (AvgIpc) is 2.92. The topological polar surface area (TPSA) is 37.9 Å². The van der Waals surface area contributed by atoms with Crippen molar-refractivity contribution in [2.75, 3.05) is 6.61 Å². The third kappa shape index (κ3) is 1.86. The van der Waals surface area contributed by atoms with Gasteiger partial charge in [0.1, 0.15) is 11.3 Å². The maximum absolute atomic E-state index is 5.78. The first-order chi connectivity index (χ1) is 7.33. The molecule has 15 heavy (non-hydrogen) atoms. The van der Waals surface area contributed by atoms with Crippen LogP contribution in [-0.4, -0.2) is 16.8 Å². The van der Waals surface area contributed by atoms with Gasteiger partial charge < -0.3 is 4.74 Å². The van der Waals surface area contributed by atoms with E-state index >= 15 is 0 Å². The van der Waals surface area contributed by atoms with Crippen molar-refractivity contribution >= 4 is 26.8 Å². The van der Waals surface area contributed by atoms with Crippen LogP contribution in [0.3, 0.4) is 0 Å². The minimum Gasteiger partial charge on any atom is -0.491 e. The molecule has 1 aliphatic carbocycles. The number of halogens is 1. The van der Waals surface area contributed by atoms with Crippen LogP contribution in [0.25, 0.3) is 10.9 Å². The molecule has 1 aromatic heterocycles. The minimum absolute atomic E-state index is 0.766. The zero-order valence-electron chi connectivity index (χ0n) is 8.16. The summed E-state index contributed by atoms with van der Waals surface area (Å²) in [4.78, 5) is 0. The van der Waals surface area contributed by atoms with Gasteiger partial charge in [-0.1, -0.05) is 15.9 Å². The summed E-state index contributed by atoms with van der Waals surface area (Å²) in [5, 5.41) is 8.06. The molecule has 1 saturated carbocycles. The molecule has 0 aliphatic heterocycles. The van der Waals surface area contributed by atoms with E-state index in [1.165, 1.54) is 12.8 Å². The lowest BCUT2D eigenvalue weighted by Crippen LogP contribution is -1.99. The largest absolute Gasteiger partial charge is 0.491 e. The van der Waals surface area contributed by atoms with Crippen LogP contribution < -0.4 is 4.74 Å². The summed E-state index contributed by atoms with van der Waals surface area (Å²) in [6.45, 7) is 0.824. The Kier molecular flexibility index (Phi) is 2.16. The first-order valence-electron chi connectivity index (χ1n) is 5.08. The predicted molar refractivity (Wildman–Crippen MR) is 62.0 cm³/mol. The van der Waals surface area contributed by atoms with Crippen LogP contribution in [0, 0.1) is 5.92 Å². The van der Waals surface area contributed by atoms with Gasteiger partial charge in [0.25, 0.3) is 0 Å². The van der Waals surface area contributed by atoms with Gasteiger partial charge in [0.15, 0.2) is 0 Å². The van der Waals surface area contributed by atoms with Crippen molar-refractivity contribution in [1.29, 1.82) is 0 Å². The van der Waals surface area contributed by atoms with Crippen LogP contribution in [0.15, 0.2) is 22.8 Å². The lowest BCUT2D eigenvalue weighted by atomic mass is 10.2. The molecule has 0 amide bonds. The Bertz CT molecular complexity index is 490. The molecule has 0 saturated heterocycles. The van der Waals surface area contributed by atoms with E-state index in [4.69, 9.17) is 4.74 Å². The normalized spacial score (nSPS) is 15.8. The third-order valence-corrected chi connectivity index (χ3v) is 3.11. The number of rotatable bonds is 3. The van der Waals surface area contributed by atoms with Crippen molar-refractivity contribution in [3.63, 3.8) is 0 Å². The average molecular weight is 267 g/mol. The van der Waals surface area contributed by atoms with E-state index < -0.39 is 0 Å². The van der Waals surface area contributed by atoms with Gasteiger partial charge in [0, 0.05) is 9.86 Å². The van der Waals surface area contributed by atoms with Crippen molar-refractivity contribution in [1.82, 2.24) is 10.2 Å². The standard InChI is InChI=1S/C11H11BrN2O/c12-9-3-8-5-13-14-11(8)10(4-9)15-6-7-1-2-7/h3-5,7H,1-2,6H2,(H,13,14). The number of hydrogen-bond donors (Lipinski definition) is 1. The zero-order chi connectivity index (χ0) is 10.3. The van der Waals surface area contributed by atoms with E-state index in [2.05, 4.69) is 26.1 Å². The quantitative estimate of drug-likeness (QED) is 0.927. The minimum atomic E-state index is 0.766. The molecule has 3 rings (SSSR count). The van der Waals surface area contributed by atoms with E-state index in [1.807, 2.05) is 18.3 Å². The molecule has 1 aliphatic rings. The van der Waals surface area contributed by atoms with Crippen molar-refractivity contribution < 1.29 is 4.74 Å². The number of nitrogens with one attached hydrogen (secondary N) is 1. The second-order valence-corrected chi connectivity index (χ2v) is 4.91. The van der Waals surface area contributed by atoms with E-state index in [-0.39, 0.29) is 0 Å². The van der Waals surface area contributed by atoms with Gasteiger partial charge in [0.2, 0.25) is 0 Å². The van der Waals surface area contributed by atoms with Crippen LogP contribution in [-0.2, 0) is 0 Å². The molecule has 1 fully saturated rings. The van der Waals surface area contributed by atoms with Crippen LogP contribution in [0.5, 0.6) is 5.75 Å². The molecule has 1 heterocycles.